The van der Waals surface area contributed by atoms with Gasteiger partial charge in [-0.2, -0.15) is 0 Å². The highest BCUT2D eigenvalue weighted by atomic mass is 19.1. The van der Waals surface area contributed by atoms with E-state index in [0.29, 0.717) is 17.7 Å². The number of carboxylic acid groups (broad SMARTS) is 1. The Morgan fingerprint density at radius 1 is 0.914 bits per heavy atom. The lowest BCUT2D eigenvalue weighted by Gasteiger charge is -2.18. The van der Waals surface area contributed by atoms with Gasteiger partial charge in [-0.15, -0.1) is 0 Å². The number of rotatable bonds is 9. The van der Waals surface area contributed by atoms with Gasteiger partial charge in [-0.05, 0) is 34.5 Å². The summed E-state index contributed by atoms with van der Waals surface area (Å²) >= 11 is 0. The van der Waals surface area contributed by atoms with Gasteiger partial charge >= 0.3 is 5.97 Å². The fourth-order valence-corrected chi connectivity index (χ4v) is 4.40. The quantitative estimate of drug-likeness (QED) is 0.255. The number of ether oxygens (including phenoxy) is 1. The van der Waals surface area contributed by atoms with E-state index in [-0.39, 0.29) is 19.0 Å². The minimum atomic E-state index is -0.927. The molecule has 0 bridgehead atoms. The average molecular weight is 469 g/mol. The first kappa shape index (κ1) is 22.6. The molecule has 0 radical (unpaired) electrons. The van der Waals surface area contributed by atoms with Crippen LogP contribution in [-0.4, -0.2) is 22.1 Å². The van der Waals surface area contributed by atoms with Crippen LogP contribution in [0.4, 0.5) is 4.39 Å². The normalized spacial score (nSPS) is 12.1. The molecule has 5 aromatic rings. The van der Waals surface area contributed by atoms with Gasteiger partial charge in [0, 0.05) is 41.2 Å². The second-order valence-electron chi connectivity index (χ2n) is 8.48. The maximum absolute atomic E-state index is 14.1. The van der Waals surface area contributed by atoms with Crippen molar-refractivity contribution in [2.75, 3.05) is 0 Å². The zero-order valence-corrected chi connectivity index (χ0v) is 19.0. The van der Waals surface area contributed by atoms with Crippen molar-refractivity contribution in [3.63, 3.8) is 0 Å². The van der Waals surface area contributed by atoms with Crippen molar-refractivity contribution >= 4 is 27.6 Å². The van der Waals surface area contributed by atoms with E-state index < -0.39 is 12.0 Å². The van der Waals surface area contributed by atoms with Gasteiger partial charge in [0.1, 0.15) is 24.2 Å². The molecule has 0 fully saturated rings. The first-order valence-corrected chi connectivity index (χ1v) is 11.5. The summed E-state index contributed by atoms with van der Waals surface area (Å²) in [4.78, 5) is 15.3. The highest BCUT2D eigenvalue weighted by Gasteiger charge is 2.21. The number of H-pyrrole nitrogens is 1. The van der Waals surface area contributed by atoms with E-state index in [1.54, 1.807) is 18.2 Å². The molecule has 5 nitrogen and oxygen atoms in total. The molecule has 0 saturated heterocycles. The molecule has 0 spiro atoms. The van der Waals surface area contributed by atoms with Crippen LogP contribution in [-0.2, 0) is 24.4 Å². The van der Waals surface area contributed by atoms with E-state index in [0.717, 1.165) is 32.8 Å². The van der Waals surface area contributed by atoms with Gasteiger partial charge < -0.3 is 14.8 Å². The summed E-state index contributed by atoms with van der Waals surface area (Å²) in [6.07, 6.45) is 2.19. The van der Waals surface area contributed by atoms with Crippen molar-refractivity contribution in [3.05, 3.63) is 114 Å². The van der Waals surface area contributed by atoms with Crippen molar-refractivity contribution in [1.29, 1.82) is 0 Å². The van der Waals surface area contributed by atoms with Crippen molar-refractivity contribution < 1.29 is 19.0 Å². The summed E-state index contributed by atoms with van der Waals surface area (Å²) in [7, 11) is 0. The van der Waals surface area contributed by atoms with Gasteiger partial charge in [-0.25, -0.2) is 4.39 Å². The lowest BCUT2D eigenvalue weighted by atomic mass is 10.0. The number of fused-ring (bicyclic) bond motifs is 2. The number of halogens is 1. The molecular formula is C29H25FN2O3. The van der Waals surface area contributed by atoms with Gasteiger partial charge in [-0.1, -0.05) is 66.7 Å². The third-order valence-electron chi connectivity index (χ3n) is 6.26. The van der Waals surface area contributed by atoms with Crippen LogP contribution in [0.2, 0.25) is 0 Å². The van der Waals surface area contributed by atoms with Gasteiger partial charge in [0.25, 0.3) is 0 Å². The summed E-state index contributed by atoms with van der Waals surface area (Å²) in [6.45, 7) is 0.364. The fourth-order valence-electron chi connectivity index (χ4n) is 4.40. The second kappa shape index (κ2) is 9.99. The summed E-state index contributed by atoms with van der Waals surface area (Å²) in [6, 6.07) is 25.2. The number of aliphatic carboxylic acids is 1. The van der Waals surface area contributed by atoms with Crippen molar-refractivity contribution in [2.24, 2.45) is 0 Å². The Labute approximate surface area is 202 Å². The minimum Gasteiger partial charge on any atom is -0.488 e. The number of para-hydroxylation sites is 1. The Kier molecular flexibility index (Phi) is 6.46. The number of carboxylic acids is 1. The second-order valence-corrected chi connectivity index (χ2v) is 8.48. The molecule has 0 aliphatic heterocycles. The fraction of sp³-hybridized carbons (Fsp3) is 0.138. The van der Waals surface area contributed by atoms with Crippen LogP contribution < -0.4 is 10.1 Å². The third kappa shape index (κ3) is 4.88. The molecule has 4 aromatic carbocycles. The molecular weight excluding hydrogens is 443 g/mol. The Bertz CT molecular complexity index is 1490. The molecule has 1 aromatic heterocycles. The van der Waals surface area contributed by atoms with E-state index in [2.05, 4.69) is 10.3 Å². The highest BCUT2D eigenvalue weighted by Crippen LogP contribution is 2.29. The highest BCUT2D eigenvalue weighted by molar-refractivity contribution is 5.88. The van der Waals surface area contributed by atoms with Crippen LogP contribution >= 0.6 is 0 Å². The number of aromatic nitrogens is 1. The molecule has 0 unspecified atom stereocenters. The number of nitrogens with one attached hydrogen (secondary N) is 2. The van der Waals surface area contributed by atoms with Crippen molar-refractivity contribution in [3.8, 4) is 5.75 Å². The van der Waals surface area contributed by atoms with Gasteiger partial charge in [0.05, 0.1) is 0 Å². The molecule has 1 heterocycles. The van der Waals surface area contributed by atoms with Crippen LogP contribution in [0.25, 0.3) is 21.7 Å². The first-order valence-electron chi connectivity index (χ1n) is 11.5. The van der Waals surface area contributed by atoms with Crippen LogP contribution in [0, 0.1) is 5.82 Å². The van der Waals surface area contributed by atoms with E-state index in [9.17, 15) is 14.3 Å². The van der Waals surface area contributed by atoms with E-state index >= 15 is 0 Å². The average Bonchev–Trinajstić information content (AvgIpc) is 3.29. The van der Waals surface area contributed by atoms with Crippen LogP contribution in [0.15, 0.2) is 91.1 Å². The minimum absolute atomic E-state index is 0.0791. The van der Waals surface area contributed by atoms with E-state index in [4.69, 9.17) is 4.74 Å². The summed E-state index contributed by atoms with van der Waals surface area (Å²) in [5, 5.41) is 16.1. The van der Waals surface area contributed by atoms with Crippen LogP contribution in [0.1, 0.15) is 16.7 Å². The molecule has 0 saturated carbocycles. The van der Waals surface area contributed by atoms with Crippen molar-refractivity contribution in [1.82, 2.24) is 10.3 Å². The van der Waals surface area contributed by atoms with E-state index in [1.807, 2.05) is 66.9 Å². The molecule has 0 aliphatic rings. The summed E-state index contributed by atoms with van der Waals surface area (Å²) < 4.78 is 20.2. The SMILES string of the molecule is O=C(O)[C@H](Cc1c[nH]c2ccccc12)NCc1c(OCc2ccccc2F)ccc2ccccc12. The predicted octanol–water partition coefficient (Wildman–Crippen LogP) is 5.82. The number of hydrogen-bond acceptors (Lipinski definition) is 3. The lowest BCUT2D eigenvalue weighted by molar-refractivity contribution is -0.139. The lowest BCUT2D eigenvalue weighted by Crippen LogP contribution is -2.38. The maximum Gasteiger partial charge on any atom is 0.321 e. The molecule has 6 heteroatoms. The smallest absolute Gasteiger partial charge is 0.321 e. The summed E-state index contributed by atoms with van der Waals surface area (Å²) in [5.74, 6) is -0.655. The molecule has 3 N–H and O–H groups in total. The topological polar surface area (TPSA) is 74.3 Å². The first-order chi connectivity index (χ1) is 17.1. The van der Waals surface area contributed by atoms with Crippen LogP contribution in [0.3, 0.4) is 0 Å². The Balaban J connectivity index is 1.40. The standard InChI is InChI=1S/C29H25FN2O3/c30-25-11-5-2-8-20(25)18-35-28-14-13-19-7-1-3-9-22(19)24(28)17-32-27(29(33)34)15-21-16-31-26-12-6-4-10-23(21)26/h1-14,16,27,31-32H,15,17-18H2,(H,33,34)/t27-/m0/s1. The number of hydrogen-bond donors (Lipinski definition) is 3. The molecule has 0 amide bonds. The zero-order valence-electron chi connectivity index (χ0n) is 19.0. The van der Waals surface area contributed by atoms with Gasteiger partial charge in [-0.3, -0.25) is 10.1 Å². The van der Waals surface area contributed by atoms with Gasteiger partial charge in [0.15, 0.2) is 0 Å². The third-order valence-corrected chi connectivity index (χ3v) is 6.26. The Hall–Kier alpha value is -4.16. The van der Waals surface area contributed by atoms with Gasteiger partial charge in [0.2, 0.25) is 0 Å². The predicted molar refractivity (Wildman–Crippen MR) is 135 cm³/mol. The monoisotopic (exact) mass is 468 g/mol. The van der Waals surface area contributed by atoms with E-state index in [1.165, 1.54) is 6.07 Å². The molecule has 35 heavy (non-hydrogen) atoms. The molecule has 0 aliphatic carbocycles. The molecule has 176 valence electrons. The van der Waals surface area contributed by atoms with Crippen LogP contribution in [0.5, 0.6) is 5.75 Å². The Morgan fingerprint density at radius 3 is 2.49 bits per heavy atom. The zero-order chi connectivity index (χ0) is 24.2. The maximum atomic E-state index is 14.1. The molecule has 1 atom stereocenters. The number of carbonyl (C=O) groups is 1. The summed E-state index contributed by atoms with van der Waals surface area (Å²) in [5.41, 5.74) is 3.21. The number of aromatic amines is 1. The largest absolute Gasteiger partial charge is 0.488 e. The number of benzene rings is 4. The molecule has 5 rings (SSSR count). The van der Waals surface area contributed by atoms with Crippen molar-refractivity contribution in [2.45, 2.75) is 25.6 Å². The Morgan fingerprint density at radius 2 is 1.66 bits per heavy atom.